The van der Waals surface area contributed by atoms with Gasteiger partial charge in [-0.05, 0) is 31.0 Å². The molecule has 0 aliphatic carbocycles. The lowest BCUT2D eigenvalue weighted by atomic mass is 10.0. The fraction of sp³-hybridized carbons (Fsp3) is 0.462. The summed E-state index contributed by atoms with van der Waals surface area (Å²) < 4.78 is 4.93. The van der Waals surface area contributed by atoms with Crippen LogP contribution in [0.2, 0.25) is 0 Å². The first-order valence-electron chi connectivity index (χ1n) is 5.32. The minimum Gasteiger partial charge on any atom is -0.384 e. The number of hydrogen-bond donors (Lipinski definition) is 0. The van der Waals surface area contributed by atoms with Gasteiger partial charge in [0.25, 0.3) is 0 Å². The molecule has 2 nitrogen and oxygen atoms in total. The summed E-state index contributed by atoms with van der Waals surface area (Å²) in [5.41, 5.74) is 3.21. The van der Waals surface area contributed by atoms with Crippen LogP contribution in [0.3, 0.4) is 0 Å². The molecule has 1 aromatic rings. The maximum Gasteiger partial charge on any atom is 0.172 e. The van der Waals surface area contributed by atoms with Crippen molar-refractivity contribution in [3.8, 4) is 0 Å². The predicted molar refractivity (Wildman–Crippen MR) is 69.4 cm³/mol. The third-order valence-electron chi connectivity index (χ3n) is 2.49. The zero-order valence-corrected chi connectivity index (χ0v) is 10.9. The first-order valence-corrected chi connectivity index (χ1v) is 6.47. The summed E-state index contributed by atoms with van der Waals surface area (Å²) in [7, 11) is 1.67. The molecule has 0 N–H and O–H groups in total. The minimum absolute atomic E-state index is 0.198. The van der Waals surface area contributed by atoms with Gasteiger partial charge in [-0.15, -0.1) is 0 Å². The van der Waals surface area contributed by atoms with Gasteiger partial charge >= 0.3 is 0 Å². The van der Waals surface area contributed by atoms with E-state index in [2.05, 4.69) is 6.92 Å². The quantitative estimate of drug-likeness (QED) is 0.563. The second-order valence-corrected chi connectivity index (χ2v) is 4.87. The van der Waals surface area contributed by atoms with Gasteiger partial charge < -0.3 is 4.74 Å². The van der Waals surface area contributed by atoms with Crippen LogP contribution in [-0.4, -0.2) is 31.0 Å². The number of carbonyl (C=O) groups excluding carboxylic acids is 1. The molecule has 0 aromatic heterocycles. The molecular formula is C13H18O2S. The van der Waals surface area contributed by atoms with Gasteiger partial charge in [0.1, 0.15) is 0 Å². The number of ketones is 1. The highest BCUT2D eigenvalue weighted by Gasteiger charge is 2.06. The molecule has 0 bridgehead atoms. The van der Waals surface area contributed by atoms with E-state index in [1.165, 1.54) is 11.1 Å². The van der Waals surface area contributed by atoms with Gasteiger partial charge in [-0.25, -0.2) is 0 Å². The fourth-order valence-electron chi connectivity index (χ4n) is 1.31. The van der Waals surface area contributed by atoms with E-state index < -0.39 is 0 Å². The zero-order valence-electron chi connectivity index (χ0n) is 10.1. The van der Waals surface area contributed by atoms with Crippen LogP contribution in [0.25, 0.3) is 0 Å². The van der Waals surface area contributed by atoms with Gasteiger partial charge in [0.05, 0.1) is 12.4 Å². The molecule has 0 saturated carbocycles. The van der Waals surface area contributed by atoms with Crippen molar-refractivity contribution < 1.29 is 9.53 Å². The summed E-state index contributed by atoms with van der Waals surface area (Å²) in [6, 6.07) is 5.87. The van der Waals surface area contributed by atoms with E-state index >= 15 is 0 Å². The highest BCUT2D eigenvalue weighted by Crippen LogP contribution is 2.12. The summed E-state index contributed by atoms with van der Waals surface area (Å²) >= 11 is 1.62. The molecule has 0 heterocycles. The van der Waals surface area contributed by atoms with E-state index in [1.807, 2.05) is 25.1 Å². The number of ether oxygens (including phenoxy) is 1. The first-order chi connectivity index (χ1) is 7.65. The van der Waals surface area contributed by atoms with Crippen LogP contribution in [0, 0.1) is 13.8 Å². The van der Waals surface area contributed by atoms with Crippen LogP contribution in [0.1, 0.15) is 21.5 Å². The average molecular weight is 238 g/mol. The smallest absolute Gasteiger partial charge is 0.172 e. The number of Topliss-reactive ketones (excluding diaryl/α,β-unsaturated/α-hetero) is 1. The van der Waals surface area contributed by atoms with Crippen LogP contribution < -0.4 is 0 Å². The number of hydrogen-bond acceptors (Lipinski definition) is 3. The van der Waals surface area contributed by atoms with Crippen LogP contribution in [0.15, 0.2) is 18.2 Å². The van der Waals surface area contributed by atoms with E-state index in [4.69, 9.17) is 4.74 Å². The van der Waals surface area contributed by atoms with Gasteiger partial charge in [0, 0.05) is 18.4 Å². The Morgan fingerprint density at radius 1 is 1.31 bits per heavy atom. The van der Waals surface area contributed by atoms with Crippen molar-refractivity contribution in [3.05, 3.63) is 34.9 Å². The van der Waals surface area contributed by atoms with Crippen molar-refractivity contribution in [2.24, 2.45) is 0 Å². The standard InChI is InChI=1S/C13H18O2S/c1-10-4-5-12(8-11(10)2)13(14)9-16-7-6-15-3/h4-5,8H,6-7,9H2,1-3H3. The van der Waals surface area contributed by atoms with Gasteiger partial charge in [0.15, 0.2) is 5.78 Å². The van der Waals surface area contributed by atoms with Crippen LogP contribution >= 0.6 is 11.8 Å². The molecular weight excluding hydrogens is 220 g/mol. The van der Waals surface area contributed by atoms with Gasteiger partial charge in [0.2, 0.25) is 0 Å². The molecule has 1 aromatic carbocycles. The Kier molecular flexibility index (Phi) is 5.56. The normalized spacial score (nSPS) is 10.4. The Morgan fingerprint density at radius 2 is 2.06 bits per heavy atom. The summed E-state index contributed by atoms with van der Waals surface area (Å²) in [4.78, 5) is 11.8. The molecule has 0 saturated heterocycles. The molecule has 0 unspecified atom stereocenters. The molecule has 0 fully saturated rings. The highest BCUT2D eigenvalue weighted by molar-refractivity contribution is 8.00. The van der Waals surface area contributed by atoms with Crippen molar-refractivity contribution in [3.63, 3.8) is 0 Å². The lowest BCUT2D eigenvalue weighted by Crippen LogP contribution is -2.05. The number of thioether (sulfide) groups is 1. The second-order valence-electron chi connectivity index (χ2n) is 3.77. The fourth-order valence-corrected chi connectivity index (χ4v) is 2.09. The van der Waals surface area contributed by atoms with Crippen molar-refractivity contribution in [2.75, 3.05) is 25.2 Å². The summed E-state index contributed by atoms with van der Waals surface area (Å²) in [5.74, 6) is 1.60. The third kappa shape index (κ3) is 3.99. The largest absolute Gasteiger partial charge is 0.384 e. The molecule has 0 spiro atoms. The first kappa shape index (κ1) is 13.3. The summed E-state index contributed by atoms with van der Waals surface area (Å²) in [5, 5.41) is 0. The number of benzene rings is 1. The van der Waals surface area contributed by atoms with E-state index in [0.29, 0.717) is 12.4 Å². The molecule has 3 heteroatoms. The number of rotatable bonds is 6. The van der Waals surface area contributed by atoms with E-state index in [1.54, 1.807) is 18.9 Å². The monoisotopic (exact) mass is 238 g/mol. The molecule has 16 heavy (non-hydrogen) atoms. The van der Waals surface area contributed by atoms with Crippen molar-refractivity contribution >= 4 is 17.5 Å². The van der Waals surface area contributed by atoms with Crippen molar-refractivity contribution in [1.82, 2.24) is 0 Å². The molecule has 1 rings (SSSR count). The van der Waals surface area contributed by atoms with Gasteiger partial charge in [-0.3, -0.25) is 4.79 Å². The topological polar surface area (TPSA) is 26.3 Å². The molecule has 0 amide bonds. The van der Waals surface area contributed by atoms with Crippen LogP contribution in [0.5, 0.6) is 0 Å². The van der Waals surface area contributed by atoms with E-state index in [9.17, 15) is 4.79 Å². The Labute approximate surface area is 101 Å². The number of aryl methyl sites for hydroxylation is 2. The summed E-state index contributed by atoms with van der Waals surface area (Å²) in [6.07, 6.45) is 0. The van der Waals surface area contributed by atoms with Crippen LogP contribution in [-0.2, 0) is 4.74 Å². The number of methoxy groups -OCH3 is 1. The molecule has 0 aliphatic heterocycles. The highest BCUT2D eigenvalue weighted by atomic mass is 32.2. The van der Waals surface area contributed by atoms with Crippen molar-refractivity contribution in [2.45, 2.75) is 13.8 Å². The lowest BCUT2D eigenvalue weighted by molar-refractivity contribution is 0.102. The maximum atomic E-state index is 11.8. The molecule has 88 valence electrons. The number of carbonyl (C=O) groups is 1. The molecule has 0 atom stereocenters. The summed E-state index contributed by atoms with van der Waals surface area (Å²) in [6.45, 7) is 4.78. The molecule has 0 aliphatic rings. The Balaban J connectivity index is 2.50. The third-order valence-corrected chi connectivity index (χ3v) is 3.42. The Morgan fingerprint density at radius 3 is 2.69 bits per heavy atom. The van der Waals surface area contributed by atoms with Crippen molar-refractivity contribution in [1.29, 1.82) is 0 Å². The second kappa shape index (κ2) is 6.71. The van der Waals surface area contributed by atoms with Gasteiger partial charge in [-0.1, -0.05) is 12.1 Å². The maximum absolute atomic E-state index is 11.8. The van der Waals surface area contributed by atoms with Crippen LogP contribution in [0.4, 0.5) is 0 Å². The van der Waals surface area contributed by atoms with E-state index in [0.717, 1.165) is 11.3 Å². The van der Waals surface area contributed by atoms with Gasteiger partial charge in [-0.2, -0.15) is 11.8 Å². The molecule has 0 radical (unpaired) electrons. The Bertz CT molecular complexity index is 361. The SMILES string of the molecule is COCCSCC(=O)c1ccc(C)c(C)c1. The zero-order chi connectivity index (χ0) is 12.0. The van der Waals surface area contributed by atoms with E-state index in [-0.39, 0.29) is 5.78 Å². The minimum atomic E-state index is 0.198. The average Bonchev–Trinajstić information content (AvgIpc) is 2.28. The Hall–Kier alpha value is -0.800. The predicted octanol–water partition coefficient (Wildman–Crippen LogP) is 2.87. The lowest BCUT2D eigenvalue weighted by Gasteiger charge is -2.04.